The van der Waals surface area contributed by atoms with Crippen LogP contribution in [-0.4, -0.2) is 53.0 Å². The van der Waals surface area contributed by atoms with E-state index in [4.69, 9.17) is 5.11 Å². The van der Waals surface area contributed by atoms with E-state index in [0.717, 1.165) is 11.1 Å². The molecule has 0 aliphatic carbocycles. The highest BCUT2D eigenvalue weighted by molar-refractivity contribution is 5.92. The maximum atomic E-state index is 12.1. The fraction of sp³-hybridized carbons (Fsp3) is 0.375. The number of likely N-dealkylation sites (N-methyl/N-ethyl adjacent to an activating group) is 1. The first-order valence-corrected chi connectivity index (χ1v) is 6.89. The van der Waals surface area contributed by atoms with Gasteiger partial charge in [-0.25, -0.2) is 0 Å². The van der Waals surface area contributed by atoms with Crippen molar-refractivity contribution in [1.82, 2.24) is 9.80 Å². The second-order valence-electron chi connectivity index (χ2n) is 4.77. The summed E-state index contributed by atoms with van der Waals surface area (Å²) in [5.74, 6) is 5.38. The number of benzene rings is 1. The number of hydrogen-bond acceptors (Lipinski definition) is 3. The van der Waals surface area contributed by atoms with Crippen molar-refractivity contribution in [1.29, 1.82) is 0 Å². The van der Waals surface area contributed by atoms with Gasteiger partial charge in [0.15, 0.2) is 0 Å². The third-order valence-electron chi connectivity index (χ3n) is 3.42. The highest BCUT2D eigenvalue weighted by atomic mass is 16.2. The van der Waals surface area contributed by atoms with Gasteiger partial charge < -0.3 is 14.9 Å². The summed E-state index contributed by atoms with van der Waals surface area (Å²) in [7, 11) is 0. The van der Waals surface area contributed by atoms with Gasteiger partial charge in [0.2, 0.25) is 11.8 Å². The molecule has 1 aromatic rings. The lowest BCUT2D eigenvalue weighted by Gasteiger charge is -2.33. The van der Waals surface area contributed by atoms with Crippen molar-refractivity contribution < 1.29 is 14.7 Å². The topological polar surface area (TPSA) is 60.9 Å². The average molecular weight is 286 g/mol. The Morgan fingerprint density at radius 1 is 1.14 bits per heavy atom. The summed E-state index contributed by atoms with van der Waals surface area (Å²) < 4.78 is 0. The number of aliphatic hydroxyl groups excluding tert-OH is 1. The molecule has 0 unspecified atom stereocenters. The molecule has 2 rings (SSSR count). The Hall–Kier alpha value is -2.32. The number of amides is 2. The van der Waals surface area contributed by atoms with Gasteiger partial charge in [-0.15, -0.1) is 0 Å². The molecule has 21 heavy (non-hydrogen) atoms. The minimum absolute atomic E-state index is 0.0315. The molecule has 1 aliphatic rings. The maximum absolute atomic E-state index is 12.1. The van der Waals surface area contributed by atoms with Gasteiger partial charge in [-0.1, -0.05) is 30.0 Å². The molecular formula is C16H18N2O3. The summed E-state index contributed by atoms with van der Waals surface area (Å²) in [4.78, 5) is 27.1. The number of piperazine rings is 1. The van der Waals surface area contributed by atoms with Gasteiger partial charge in [0, 0.05) is 18.7 Å². The highest BCUT2D eigenvalue weighted by Crippen LogP contribution is 2.14. The smallest absolute Gasteiger partial charge is 0.242 e. The van der Waals surface area contributed by atoms with Crippen LogP contribution in [-0.2, 0) is 16.1 Å². The van der Waals surface area contributed by atoms with Crippen LogP contribution in [0.4, 0.5) is 0 Å². The van der Waals surface area contributed by atoms with Crippen LogP contribution in [0, 0.1) is 11.8 Å². The van der Waals surface area contributed by atoms with Gasteiger partial charge >= 0.3 is 0 Å². The molecule has 0 spiro atoms. The van der Waals surface area contributed by atoms with E-state index in [1.165, 1.54) is 0 Å². The molecule has 0 aromatic heterocycles. The molecule has 0 radical (unpaired) electrons. The molecule has 5 nitrogen and oxygen atoms in total. The van der Waals surface area contributed by atoms with E-state index in [-0.39, 0.29) is 31.5 Å². The lowest BCUT2D eigenvalue weighted by molar-refractivity contribution is -0.150. The molecular weight excluding hydrogens is 268 g/mol. The predicted octanol–water partition coefficient (Wildman–Crippen LogP) is 0.221. The summed E-state index contributed by atoms with van der Waals surface area (Å²) in [6, 6.07) is 7.44. The van der Waals surface area contributed by atoms with E-state index in [1.54, 1.807) is 9.80 Å². The van der Waals surface area contributed by atoms with Crippen LogP contribution in [0.5, 0.6) is 0 Å². The van der Waals surface area contributed by atoms with Crippen molar-refractivity contribution >= 4 is 11.8 Å². The van der Waals surface area contributed by atoms with Gasteiger partial charge in [0.05, 0.1) is 6.54 Å². The molecule has 0 bridgehead atoms. The van der Waals surface area contributed by atoms with Crippen LogP contribution in [0.1, 0.15) is 18.1 Å². The van der Waals surface area contributed by atoms with Crippen LogP contribution >= 0.6 is 0 Å². The van der Waals surface area contributed by atoms with E-state index in [2.05, 4.69) is 11.8 Å². The number of aliphatic hydroxyl groups is 1. The van der Waals surface area contributed by atoms with E-state index in [1.807, 2.05) is 31.2 Å². The van der Waals surface area contributed by atoms with Gasteiger partial charge in [-0.3, -0.25) is 9.59 Å². The number of rotatable bonds is 3. The first kappa shape index (κ1) is 15.1. The average Bonchev–Trinajstić information content (AvgIpc) is 2.49. The van der Waals surface area contributed by atoms with Crippen molar-refractivity contribution in [2.24, 2.45) is 0 Å². The third-order valence-corrected chi connectivity index (χ3v) is 3.42. The normalized spacial score (nSPS) is 15.0. The Kier molecular flexibility index (Phi) is 4.96. The standard InChI is InChI=1S/C16H18N2O3/c1-2-17-11-16(21)18(12-15(17)20)10-14-7-4-3-6-13(14)8-5-9-19/h3-4,6-7,19H,2,9-12H2,1H3. The Balaban J connectivity index is 2.15. The number of carbonyl (C=O) groups excluding carboxylic acids is 2. The lowest BCUT2D eigenvalue weighted by Crippen LogP contribution is -2.53. The Morgan fingerprint density at radius 3 is 2.52 bits per heavy atom. The van der Waals surface area contributed by atoms with Crippen LogP contribution in [0.3, 0.4) is 0 Å². The molecule has 1 saturated heterocycles. The van der Waals surface area contributed by atoms with Crippen LogP contribution < -0.4 is 0 Å². The van der Waals surface area contributed by atoms with E-state index in [9.17, 15) is 9.59 Å². The van der Waals surface area contributed by atoms with Crippen molar-refractivity contribution in [3.05, 3.63) is 35.4 Å². The maximum Gasteiger partial charge on any atom is 0.242 e. The molecule has 2 amide bonds. The molecule has 1 N–H and O–H groups in total. The minimum Gasteiger partial charge on any atom is -0.384 e. The van der Waals surface area contributed by atoms with Gasteiger partial charge in [0.1, 0.15) is 13.2 Å². The minimum atomic E-state index is -0.207. The largest absolute Gasteiger partial charge is 0.384 e. The molecule has 1 fully saturated rings. The molecule has 1 aliphatic heterocycles. The SMILES string of the molecule is CCN1CC(=O)N(Cc2ccccc2C#CCO)CC1=O. The predicted molar refractivity (Wildman–Crippen MR) is 78.1 cm³/mol. The molecule has 110 valence electrons. The van der Waals surface area contributed by atoms with Gasteiger partial charge in [0.25, 0.3) is 0 Å². The molecule has 1 heterocycles. The monoisotopic (exact) mass is 286 g/mol. The number of carbonyl (C=O) groups is 2. The van der Waals surface area contributed by atoms with Crippen LogP contribution in [0.15, 0.2) is 24.3 Å². The summed E-state index contributed by atoms with van der Waals surface area (Å²) >= 11 is 0. The first-order valence-electron chi connectivity index (χ1n) is 6.89. The lowest BCUT2D eigenvalue weighted by atomic mass is 10.1. The highest BCUT2D eigenvalue weighted by Gasteiger charge is 2.28. The zero-order chi connectivity index (χ0) is 15.2. The van der Waals surface area contributed by atoms with Crippen molar-refractivity contribution in [2.75, 3.05) is 26.2 Å². The Bertz CT molecular complexity index is 601. The first-order chi connectivity index (χ1) is 10.2. The summed E-state index contributed by atoms with van der Waals surface area (Å²) in [5.41, 5.74) is 1.65. The fourth-order valence-electron chi connectivity index (χ4n) is 2.26. The molecule has 1 aromatic carbocycles. The second-order valence-corrected chi connectivity index (χ2v) is 4.77. The van der Waals surface area contributed by atoms with E-state index in [0.29, 0.717) is 13.1 Å². The van der Waals surface area contributed by atoms with Crippen LogP contribution in [0.2, 0.25) is 0 Å². The molecule has 0 saturated carbocycles. The summed E-state index contributed by atoms with van der Waals surface area (Å²) in [6.07, 6.45) is 0. The van der Waals surface area contributed by atoms with Crippen molar-refractivity contribution in [3.8, 4) is 11.8 Å². The molecule has 0 atom stereocenters. The zero-order valence-electron chi connectivity index (χ0n) is 12.0. The summed E-state index contributed by atoms with van der Waals surface area (Å²) in [6.45, 7) is 2.81. The number of nitrogens with zero attached hydrogens (tertiary/aromatic N) is 2. The Labute approximate surface area is 124 Å². The number of hydrogen-bond donors (Lipinski definition) is 1. The fourth-order valence-corrected chi connectivity index (χ4v) is 2.26. The van der Waals surface area contributed by atoms with E-state index < -0.39 is 0 Å². The van der Waals surface area contributed by atoms with Crippen molar-refractivity contribution in [2.45, 2.75) is 13.5 Å². The van der Waals surface area contributed by atoms with Crippen LogP contribution in [0.25, 0.3) is 0 Å². The molecule has 5 heteroatoms. The van der Waals surface area contributed by atoms with E-state index >= 15 is 0 Å². The Morgan fingerprint density at radius 2 is 1.81 bits per heavy atom. The second kappa shape index (κ2) is 6.91. The third kappa shape index (κ3) is 3.61. The van der Waals surface area contributed by atoms with Gasteiger partial charge in [-0.05, 0) is 18.6 Å². The van der Waals surface area contributed by atoms with Gasteiger partial charge in [-0.2, -0.15) is 0 Å². The van der Waals surface area contributed by atoms with Crippen molar-refractivity contribution in [3.63, 3.8) is 0 Å². The zero-order valence-corrected chi connectivity index (χ0v) is 12.0. The summed E-state index contributed by atoms with van der Waals surface area (Å²) in [5, 5.41) is 8.78. The quantitative estimate of drug-likeness (QED) is 0.809.